The number of anilines is 1. The van der Waals surface area contributed by atoms with E-state index in [1.54, 1.807) is 24.8 Å². The topological polar surface area (TPSA) is 68.0 Å². The number of amides is 1. The predicted octanol–water partition coefficient (Wildman–Crippen LogP) is 4.60. The highest BCUT2D eigenvalue weighted by Crippen LogP contribution is 2.29. The molecule has 1 amide bonds. The molecule has 0 unspecified atom stereocenters. The van der Waals surface area contributed by atoms with E-state index in [0.29, 0.717) is 22.2 Å². The molecule has 1 N–H and O–H groups in total. The number of carbonyl (C=O) groups is 1. The van der Waals surface area contributed by atoms with Gasteiger partial charge in [0.25, 0.3) is 5.91 Å². The first-order valence-corrected chi connectivity index (χ1v) is 9.21. The lowest BCUT2D eigenvalue weighted by Crippen LogP contribution is -2.11. The van der Waals surface area contributed by atoms with E-state index in [1.807, 2.05) is 13.0 Å². The van der Waals surface area contributed by atoms with Crippen LogP contribution in [-0.2, 0) is 5.75 Å². The number of benzene rings is 1. The fourth-order valence-corrected chi connectivity index (χ4v) is 3.98. The number of hydrogen-bond acceptors (Lipinski definition) is 6. The number of aryl methyl sites for hydroxylation is 3. The first kappa shape index (κ1) is 16.7. The average molecular weight is 359 g/mol. The largest absolute Gasteiger partial charge is 0.466 e. The minimum Gasteiger partial charge on any atom is -0.466 e. The maximum atomic E-state index is 12.2. The van der Waals surface area contributed by atoms with Crippen molar-refractivity contribution >= 4 is 34.1 Å². The van der Waals surface area contributed by atoms with Crippen molar-refractivity contribution < 1.29 is 9.21 Å². The Kier molecular flexibility index (Phi) is 5.01. The van der Waals surface area contributed by atoms with Crippen molar-refractivity contribution in [2.24, 2.45) is 0 Å². The number of carbonyl (C=O) groups excluding carboxylic acids is 1. The van der Waals surface area contributed by atoms with Crippen molar-refractivity contribution in [3.05, 3.63) is 58.5 Å². The highest BCUT2D eigenvalue weighted by molar-refractivity contribution is 8.00. The fourth-order valence-electron chi connectivity index (χ4n) is 2.29. The Hall–Kier alpha value is -2.12. The number of aromatic nitrogens is 2. The minimum absolute atomic E-state index is 0.226. The molecule has 2 aromatic heterocycles. The predicted molar refractivity (Wildman–Crippen MR) is 96.8 cm³/mol. The van der Waals surface area contributed by atoms with Gasteiger partial charge in [-0.2, -0.15) is 0 Å². The van der Waals surface area contributed by atoms with Gasteiger partial charge >= 0.3 is 0 Å². The third-order valence-corrected chi connectivity index (χ3v) is 5.40. The number of rotatable bonds is 5. The third-order valence-electron chi connectivity index (χ3n) is 3.36. The highest BCUT2D eigenvalue weighted by Gasteiger charge is 2.15. The lowest BCUT2D eigenvalue weighted by molar-refractivity contribution is 0.102. The van der Waals surface area contributed by atoms with Crippen LogP contribution in [0.5, 0.6) is 0 Å². The fraction of sp³-hybridized carbons (Fsp3) is 0.235. The summed E-state index contributed by atoms with van der Waals surface area (Å²) in [5.41, 5.74) is 3.01. The van der Waals surface area contributed by atoms with Gasteiger partial charge in [-0.05, 0) is 32.4 Å². The molecule has 24 heavy (non-hydrogen) atoms. The molecular formula is C17H17N3O2S2. The number of nitrogens with zero attached hydrogens (tertiary/aromatic N) is 2. The molecule has 0 aliphatic heterocycles. The van der Waals surface area contributed by atoms with Gasteiger partial charge in [0.05, 0.1) is 5.56 Å². The van der Waals surface area contributed by atoms with Crippen LogP contribution in [0.2, 0.25) is 0 Å². The van der Waals surface area contributed by atoms with Crippen LogP contribution in [0, 0.1) is 20.8 Å². The summed E-state index contributed by atoms with van der Waals surface area (Å²) in [6.45, 7) is 5.66. The van der Waals surface area contributed by atoms with Gasteiger partial charge in [0, 0.05) is 5.75 Å². The summed E-state index contributed by atoms with van der Waals surface area (Å²) in [4.78, 5) is 12.2. The number of thioether (sulfide) groups is 1. The zero-order valence-electron chi connectivity index (χ0n) is 13.6. The molecule has 3 aromatic rings. The van der Waals surface area contributed by atoms with E-state index in [2.05, 4.69) is 40.6 Å². The van der Waals surface area contributed by atoms with Crippen LogP contribution in [0.3, 0.4) is 0 Å². The Labute approximate surface area is 148 Å². The van der Waals surface area contributed by atoms with Crippen LogP contribution in [0.1, 0.15) is 33.0 Å². The van der Waals surface area contributed by atoms with Gasteiger partial charge in [-0.25, -0.2) is 0 Å². The third kappa shape index (κ3) is 4.04. The molecule has 0 bridgehead atoms. The highest BCUT2D eigenvalue weighted by atomic mass is 32.2. The lowest BCUT2D eigenvalue weighted by atomic mass is 10.2. The van der Waals surface area contributed by atoms with E-state index in [0.717, 1.165) is 10.1 Å². The second kappa shape index (κ2) is 7.19. The Bertz CT molecular complexity index is 870. The van der Waals surface area contributed by atoms with Gasteiger partial charge in [0.1, 0.15) is 11.5 Å². The maximum absolute atomic E-state index is 12.2. The molecule has 0 radical (unpaired) electrons. The Balaban J connectivity index is 1.61. The van der Waals surface area contributed by atoms with Crippen LogP contribution in [0.25, 0.3) is 0 Å². The molecule has 7 heteroatoms. The summed E-state index contributed by atoms with van der Waals surface area (Å²) < 4.78 is 6.20. The molecule has 0 aliphatic carbocycles. The lowest BCUT2D eigenvalue weighted by Gasteiger charge is -2.00. The molecule has 0 aliphatic rings. The van der Waals surface area contributed by atoms with Gasteiger partial charge in [0.15, 0.2) is 4.34 Å². The van der Waals surface area contributed by atoms with Gasteiger partial charge < -0.3 is 4.42 Å². The zero-order valence-corrected chi connectivity index (χ0v) is 15.3. The van der Waals surface area contributed by atoms with Crippen molar-refractivity contribution in [3.63, 3.8) is 0 Å². The van der Waals surface area contributed by atoms with Crippen LogP contribution in [0.15, 0.2) is 39.1 Å². The molecule has 0 saturated heterocycles. The Morgan fingerprint density at radius 2 is 2.08 bits per heavy atom. The van der Waals surface area contributed by atoms with Crippen LogP contribution < -0.4 is 5.32 Å². The van der Waals surface area contributed by atoms with Crippen molar-refractivity contribution in [2.75, 3.05) is 5.32 Å². The second-order valence-corrected chi connectivity index (χ2v) is 7.63. The summed E-state index contributed by atoms with van der Waals surface area (Å²) in [5, 5.41) is 11.4. The van der Waals surface area contributed by atoms with Gasteiger partial charge in [0.2, 0.25) is 5.13 Å². The normalized spacial score (nSPS) is 10.8. The van der Waals surface area contributed by atoms with Crippen molar-refractivity contribution in [3.8, 4) is 0 Å². The Morgan fingerprint density at radius 3 is 2.79 bits per heavy atom. The Morgan fingerprint density at radius 1 is 1.25 bits per heavy atom. The van der Waals surface area contributed by atoms with Crippen LogP contribution in [-0.4, -0.2) is 16.1 Å². The molecule has 3 rings (SSSR count). The minimum atomic E-state index is -0.226. The summed E-state index contributed by atoms with van der Waals surface area (Å²) in [7, 11) is 0. The number of nitrogens with one attached hydrogen (secondary N) is 1. The van der Waals surface area contributed by atoms with Gasteiger partial charge in [-0.15, -0.1) is 10.2 Å². The average Bonchev–Trinajstić information content (AvgIpc) is 3.11. The molecule has 0 saturated carbocycles. The smallest absolute Gasteiger partial charge is 0.261 e. The van der Waals surface area contributed by atoms with Gasteiger partial charge in [-0.1, -0.05) is 52.9 Å². The molecule has 2 heterocycles. The van der Waals surface area contributed by atoms with Crippen molar-refractivity contribution in [1.29, 1.82) is 0 Å². The van der Waals surface area contributed by atoms with E-state index in [-0.39, 0.29) is 5.91 Å². The first-order valence-electron chi connectivity index (χ1n) is 7.41. The van der Waals surface area contributed by atoms with E-state index in [9.17, 15) is 4.79 Å². The van der Waals surface area contributed by atoms with Crippen LogP contribution >= 0.6 is 23.1 Å². The summed E-state index contributed by atoms with van der Waals surface area (Å²) in [6, 6.07) is 10.1. The molecule has 0 spiro atoms. The van der Waals surface area contributed by atoms with E-state index in [1.165, 1.54) is 22.5 Å². The summed E-state index contributed by atoms with van der Waals surface area (Å²) in [6.07, 6.45) is 0. The van der Waals surface area contributed by atoms with Crippen molar-refractivity contribution in [1.82, 2.24) is 10.2 Å². The molecule has 0 atom stereocenters. The summed E-state index contributed by atoms with van der Waals surface area (Å²) >= 11 is 2.98. The first-order chi connectivity index (χ1) is 11.5. The van der Waals surface area contributed by atoms with E-state index in [4.69, 9.17) is 4.42 Å². The van der Waals surface area contributed by atoms with E-state index < -0.39 is 0 Å². The molecular weight excluding hydrogens is 342 g/mol. The monoisotopic (exact) mass is 359 g/mol. The number of furan rings is 1. The number of hydrogen-bond donors (Lipinski definition) is 1. The second-order valence-electron chi connectivity index (χ2n) is 5.43. The maximum Gasteiger partial charge on any atom is 0.261 e. The van der Waals surface area contributed by atoms with E-state index >= 15 is 0 Å². The van der Waals surface area contributed by atoms with Crippen molar-refractivity contribution in [2.45, 2.75) is 30.9 Å². The van der Waals surface area contributed by atoms with Crippen LogP contribution in [0.4, 0.5) is 5.13 Å². The summed E-state index contributed by atoms with van der Waals surface area (Å²) in [5.74, 6) is 1.91. The zero-order chi connectivity index (χ0) is 17.1. The van der Waals surface area contributed by atoms with Gasteiger partial charge in [-0.3, -0.25) is 10.1 Å². The SMILES string of the molecule is Cc1cccc(CSc2nnc(NC(=O)c3cc(C)oc3C)s2)c1. The molecule has 0 fully saturated rings. The molecule has 5 nitrogen and oxygen atoms in total. The molecule has 124 valence electrons. The molecule has 1 aromatic carbocycles. The quantitative estimate of drug-likeness (QED) is 0.532. The standard InChI is InChI=1S/C17H17N3O2S2/c1-10-5-4-6-13(7-10)9-23-17-20-19-16(24-17)18-15(21)14-8-11(2)22-12(14)3/h4-8H,9H2,1-3H3,(H,18,19,21).